The Bertz CT molecular complexity index is 859. The second-order valence-electron chi connectivity index (χ2n) is 7.27. The number of hydrogen-bond donors (Lipinski definition) is 0. The zero-order valence-corrected chi connectivity index (χ0v) is 17.8. The fraction of sp³-hybridized carbons (Fsp3) is 0.429. The molecule has 2 aliphatic heterocycles. The number of rotatable bonds is 6. The molecule has 3 rings (SSSR count). The molecular weight excluding hydrogens is 408 g/mol. The van der Waals surface area contributed by atoms with Gasteiger partial charge >= 0.3 is 5.97 Å². The highest BCUT2D eigenvalue weighted by Gasteiger charge is 2.37. The first kappa shape index (κ1) is 21.9. The van der Waals surface area contributed by atoms with Crippen LogP contribution in [-0.4, -0.2) is 66.2 Å². The van der Waals surface area contributed by atoms with Gasteiger partial charge in [0.05, 0.1) is 12.0 Å². The minimum Gasteiger partial charge on any atom is -0.482 e. The van der Waals surface area contributed by atoms with E-state index >= 15 is 0 Å². The van der Waals surface area contributed by atoms with Crippen LogP contribution >= 0.6 is 11.8 Å². The van der Waals surface area contributed by atoms with Crippen LogP contribution in [0.5, 0.6) is 5.75 Å². The van der Waals surface area contributed by atoms with E-state index in [0.717, 1.165) is 29.5 Å². The molecule has 2 fully saturated rings. The molecule has 2 heterocycles. The maximum Gasteiger partial charge on any atom is 0.343 e. The smallest absolute Gasteiger partial charge is 0.343 e. The Morgan fingerprint density at radius 1 is 1.17 bits per heavy atom. The number of methoxy groups -OCH3 is 1. The molecule has 0 radical (unpaired) electrons. The molecule has 160 valence electrons. The van der Waals surface area contributed by atoms with E-state index in [1.807, 2.05) is 0 Å². The van der Waals surface area contributed by atoms with Crippen molar-refractivity contribution in [2.45, 2.75) is 19.8 Å². The summed E-state index contributed by atoms with van der Waals surface area (Å²) in [7, 11) is 1.28. The number of hydrogen-bond acceptors (Lipinski definition) is 7. The normalized spacial score (nSPS) is 18.8. The van der Waals surface area contributed by atoms with E-state index in [2.05, 4.69) is 11.7 Å². The van der Waals surface area contributed by atoms with Crippen LogP contribution in [0.15, 0.2) is 29.2 Å². The van der Waals surface area contributed by atoms with Gasteiger partial charge in [0.15, 0.2) is 6.61 Å². The summed E-state index contributed by atoms with van der Waals surface area (Å²) in [6.07, 6.45) is 3.47. The molecule has 3 amide bonds. The first-order valence-corrected chi connectivity index (χ1v) is 10.5. The van der Waals surface area contributed by atoms with Gasteiger partial charge in [0.2, 0.25) is 5.91 Å². The summed E-state index contributed by atoms with van der Waals surface area (Å²) in [5.74, 6) is -0.0767. The Kier molecular flexibility index (Phi) is 7.15. The van der Waals surface area contributed by atoms with Crippen LogP contribution < -0.4 is 4.74 Å². The lowest BCUT2D eigenvalue weighted by Gasteiger charge is -2.31. The summed E-state index contributed by atoms with van der Waals surface area (Å²) in [4.78, 5) is 51.5. The van der Waals surface area contributed by atoms with Crippen molar-refractivity contribution < 1.29 is 28.7 Å². The maximum absolute atomic E-state index is 12.6. The second-order valence-corrected chi connectivity index (χ2v) is 8.26. The predicted molar refractivity (Wildman–Crippen MR) is 112 cm³/mol. The third kappa shape index (κ3) is 5.41. The number of nitrogens with zero attached hydrogens (tertiary/aromatic N) is 2. The molecule has 0 bridgehead atoms. The molecule has 2 saturated heterocycles. The number of piperidine rings is 1. The van der Waals surface area contributed by atoms with Crippen molar-refractivity contribution in [3.63, 3.8) is 0 Å². The molecule has 9 heteroatoms. The summed E-state index contributed by atoms with van der Waals surface area (Å²) in [6, 6.07) is 6.72. The van der Waals surface area contributed by atoms with Gasteiger partial charge < -0.3 is 14.4 Å². The molecule has 1 aromatic carbocycles. The van der Waals surface area contributed by atoms with Crippen LogP contribution in [-0.2, 0) is 19.1 Å². The summed E-state index contributed by atoms with van der Waals surface area (Å²) in [5.41, 5.74) is 0.697. The quantitative estimate of drug-likeness (QED) is 0.504. The summed E-state index contributed by atoms with van der Waals surface area (Å²) < 4.78 is 9.78. The summed E-state index contributed by atoms with van der Waals surface area (Å²) >= 11 is 0.822. The fourth-order valence-corrected chi connectivity index (χ4v) is 3.98. The molecule has 0 saturated carbocycles. The number of carbonyl (C=O) groups excluding carboxylic acids is 4. The van der Waals surface area contributed by atoms with E-state index in [0.29, 0.717) is 30.3 Å². The molecular formula is C21H24N2O6S. The monoisotopic (exact) mass is 432 g/mol. The molecule has 0 unspecified atom stereocenters. The maximum atomic E-state index is 12.6. The number of carbonyl (C=O) groups is 4. The van der Waals surface area contributed by atoms with Crippen molar-refractivity contribution in [3.8, 4) is 5.75 Å². The lowest BCUT2D eigenvalue weighted by Crippen LogP contribution is -2.45. The molecule has 0 aliphatic carbocycles. The molecule has 8 nitrogen and oxygen atoms in total. The summed E-state index contributed by atoms with van der Waals surface area (Å²) in [6.45, 7) is 3.06. The van der Waals surface area contributed by atoms with Crippen LogP contribution in [0, 0.1) is 5.92 Å². The molecule has 0 N–H and O–H groups in total. The standard InChI is InChI=1S/C21H24N2O6S/c1-14-7-9-22(10-8-14)18(24)12-23-20(26)17(30-21(23)27)11-15-3-5-16(6-4-15)29-13-19(25)28-2/h3-6,11,14H,7-10,12-13H2,1-2H3. The average molecular weight is 432 g/mol. The van der Waals surface area contributed by atoms with Gasteiger partial charge in [-0.2, -0.15) is 0 Å². The highest BCUT2D eigenvalue weighted by atomic mass is 32.2. The third-order valence-electron chi connectivity index (χ3n) is 5.07. The van der Waals surface area contributed by atoms with Crippen LogP contribution in [0.25, 0.3) is 6.08 Å². The van der Waals surface area contributed by atoms with E-state index in [9.17, 15) is 19.2 Å². The minimum absolute atomic E-state index is 0.196. The van der Waals surface area contributed by atoms with Gasteiger partial charge in [-0.25, -0.2) is 4.79 Å². The number of benzene rings is 1. The lowest BCUT2D eigenvalue weighted by atomic mass is 9.99. The van der Waals surface area contributed by atoms with Gasteiger partial charge in [-0.15, -0.1) is 0 Å². The van der Waals surface area contributed by atoms with Gasteiger partial charge in [0.1, 0.15) is 12.3 Å². The van der Waals surface area contributed by atoms with Crippen LogP contribution in [0.1, 0.15) is 25.3 Å². The van der Waals surface area contributed by atoms with E-state index in [-0.39, 0.29) is 24.0 Å². The molecule has 0 spiro atoms. The average Bonchev–Trinajstić information content (AvgIpc) is 3.00. The van der Waals surface area contributed by atoms with E-state index in [1.54, 1.807) is 35.2 Å². The van der Waals surface area contributed by atoms with Crippen molar-refractivity contribution in [2.24, 2.45) is 5.92 Å². The number of amides is 3. The minimum atomic E-state index is -0.485. The molecule has 0 atom stereocenters. The Morgan fingerprint density at radius 3 is 2.47 bits per heavy atom. The zero-order valence-electron chi connectivity index (χ0n) is 17.0. The molecule has 30 heavy (non-hydrogen) atoms. The van der Waals surface area contributed by atoms with E-state index < -0.39 is 17.1 Å². The van der Waals surface area contributed by atoms with Gasteiger partial charge in [0.25, 0.3) is 11.1 Å². The topological polar surface area (TPSA) is 93.2 Å². The Labute approximate surface area is 179 Å². The van der Waals surface area contributed by atoms with Gasteiger partial charge in [-0.3, -0.25) is 19.3 Å². The van der Waals surface area contributed by atoms with E-state index in [4.69, 9.17) is 4.74 Å². The van der Waals surface area contributed by atoms with Gasteiger partial charge in [-0.1, -0.05) is 19.1 Å². The van der Waals surface area contributed by atoms with E-state index in [1.165, 1.54) is 7.11 Å². The van der Waals surface area contributed by atoms with Crippen molar-refractivity contribution >= 4 is 40.9 Å². The zero-order chi connectivity index (χ0) is 21.7. The molecule has 2 aliphatic rings. The number of esters is 1. The number of thioether (sulfide) groups is 1. The van der Waals surface area contributed by atoms with Crippen molar-refractivity contribution in [1.82, 2.24) is 9.80 Å². The Hall–Kier alpha value is -2.81. The van der Waals surface area contributed by atoms with Crippen molar-refractivity contribution in [2.75, 3.05) is 33.4 Å². The number of imide groups is 1. The van der Waals surface area contributed by atoms with Crippen LogP contribution in [0.2, 0.25) is 0 Å². The predicted octanol–water partition coefficient (Wildman–Crippen LogP) is 2.53. The van der Waals surface area contributed by atoms with Crippen LogP contribution in [0.3, 0.4) is 0 Å². The SMILES string of the molecule is COC(=O)COc1ccc(C=C2SC(=O)N(CC(=O)N3CCC(C)CC3)C2=O)cc1. The highest BCUT2D eigenvalue weighted by molar-refractivity contribution is 8.18. The fourth-order valence-electron chi connectivity index (χ4n) is 3.14. The highest BCUT2D eigenvalue weighted by Crippen LogP contribution is 2.32. The molecule has 0 aromatic heterocycles. The van der Waals surface area contributed by atoms with Crippen molar-refractivity contribution in [1.29, 1.82) is 0 Å². The third-order valence-corrected chi connectivity index (χ3v) is 5.97. The van der Waals surface area contributed by atoms with Crippen LogP contribution in [0.4, 0.5) is 4.79 Å². The van der Waals surface area contributed by atoms with Gasteiger partial charge in [-0.05, 0) is 54.3 Å². The largest absolute Gasteiger partial charge is 0.482 e. The summed E-state index contributed by atoms with van der Waals surface area (Å²) in [5, 5.41) is -0.442. The number of likely N-dealkylation sites (tertiary alicyclic amines) is 1. The lowest BCUT2D eigenvalue weighted by molar-refractivity contribution is -0.143. The van der Waals surface area contributed by atoms with Gasteiger partial charge in [0, 0.05) is 13.1 Å². The first-order valence-electron chi connectivity index (χ1n) is 9.70. The van der Waals surface area contributed by atoms with Crippen molar-refractivity contribution in [3.05, 3.63) is 34.7 Å². The number of ether oxygens (including phenoxy) is 2. The first-order chi connectivity index (χ1) is 14.4. The Morgan fingerprint density at radius 2 is 1.83 bits per heavy atom. The Balaban J connectivity index is 1.60. The molecule has 1 aromatic rings. The second kappa shape index (κ2) is 9.80.